The second kappa shape index (κ2) is 6.73. The van der Waals surface area contributed by atoms with Gasteiger partial charge in [0, 0.05) is 30.9 Å². The van der Waals surface area contributed by atoms with Gasteiger partial charge in [-0.1, -0.05) is 35.9 Å². The molecule has 0 spiro atoms. The maximum Gasteiger partial charge on any atom is 0.137 e. The molecular formula is C20H19N5. The van der Waals surface area contributed by atoms with Crippen LogP contribution in [0.4, 0.5) is 5.82 Å². The first-order chi connectivity index (χ1) is 12.3. The van der Waals surface area contributed by atoms with Crippen LogP contribution < -0.4 is 5.32 Å². The van der Waals surface area contributed by atoms with E-state index in [0.717, 1.165) is 29.8 Å². The van der Waals surface area contributed by atoms with Crippen molar-refractivity contribution in [2.24, 2.45) is 0 Å². The second-order valence-corrected chi connectivity index (χ2v) is 6.15. The minimum atomic E-state index is 0.728. The van der Waals surface area contributed by atoms with E-state index in [0.29, 0.717) is 0 Å². The molecule has 0 radical (unpaired) electrons. The number of rotatable bonds is 5. The monoisotopic (exact) mass is 329 g/mol. The molecule has 25 heavy (non-hydrogen) atoms. The fourth-order valence-electron chi connectivity index (χ4n) is 2.85. The number of nitrogens with zero attached hydrogens (tertiary/aromatic N) is 4. The van der Waals surface area contributed by atoms with Crippen molar-refractivity contribution in [2.75, 3.05) is 5.32 Å². The van der Waals surface area contributed by atoms with Crippen LogP contribution in [0.3, 0.4) is 0 Å². The smallest absolute Gasteiger partial charge is 0.137 e. The lowest BCUT2D eigenvalue weighted by atomic mass is 10.1. The standard InChI is InChI=1S/C20H19N5/c1-15-2-7-19-18(10-15)20(24-13-23-19)22-11-16-3-5-17(6-4-16)12-25-9-8-21-14-25/h2-10,13-14H,11-12H2,1H3,(H,22,23,24). The van der Waals surface area contributed by atoms with Gasteiger partial charge in [-0.15, -0.1) is 0 Å². The van der Waals surface area contributed by atoms with Crippen molar-refractivity contribution in [2.45, 2.75) is 20.0 Å². The topological polar surface area (TPSA) is 55.6 Å². The van der Waals surface area contributed by atoms with Crippen molar-refractivity contribution in [1.29, 1.82) is 0 Å². The Bertz CT molecular complexity index is 975. The van der Waals surface area contributed by atoms with E-state index in [1.165, 1.54) is 16.7 Å². The summed E-state index contributed by atoms with van der Waals surface area (Å²) >= 11 is 0. The van der Waals surface area contributed by atoms with Crippen LogP contribution in [0.2, 0.25) is 0 Å². The number of aromatic nitrogens is 4. The molecule has 0 aliphatic rings. The van der Waals surface area contributed by atoms with Crippen molar-refractivity contribution < 1.29 is 0 Å². The predicted octanol–water partition coefficient (Wildman–Crippen LogP) is 3.80. The number of anilines is 1. The van der Waals surface area contributed by atoms with Crippen molar-refractivity contribution >= 4 is 16.7 Å². The number of benzene rings is 2. The molecule has 4 rings (SSSR count). The summed E-state index contributed by atoms with van der Waals surface area (Å²) in [6, 6.07) is 14.8. The molecule has 2 aromatic carbocycles. The van der Waals surface area contributed by atoms with Crippen LogP contribution in [0, 0.1) is 6.92 Å². The van der Waals surface area contributed by atoms with Crippen molar-refractivity contribution in [3.63, 3.8) is 0 Å². The number of hydrogen-bond acceptors (Lipinski definition) is 4. The molecule has 2 aromatic heterocycles. The van der Waals surface area contributed by atoms with Gasteiger partial charge in [0.15, 0.2) is 0 Å². The highest BCUT2D eigenvalue weighted by atomic mass is 15.0. The number of nitrogens with one attached hydrogen (secondary N) is 1. The van der Waals surface area contributed by atoms with E-state index < -0.39 is 0 Å². The SMILES string of the molecule is Cc1ccc2ncnc(NCc3ccc(Cn4ccnc4)cc3)c2c1. The number of imidazole rings is 1. The lowest BCUT2D eigenvalue weighted by Crippen LogP contribution is -2.03. The Labute approximate surface area is 146 Å². The molecule has 0 fully saturated rings. The third-order valence-corrected chi connectivity index (χ3v) is 4.20. The van der Waals surface area contributed by atoms with Crippen LogP contribution in [-0.4, -0.2) is 19.5 Å². The van der Waals surface area contributed by atoms with Gasteiger partial charge in [0.1, 0.15) is 12.1 Å². The van der Waals surface area contributed by atoms with E-state index in [2.05, 4.69) is 68.2 Å². The lowest BCUT2D eigenvalue weighted by molar-refractivity contribution is 0.797. The summed E-state index contributed by atoms with van der Waals surface area (Å²) in [5.41, 5.74) is 4.63. The highest BCUT2D eigenvalue weighted by Gasteiger charge is 2.04. The summed E-state index contributed by atoms with van der Waals surface area (Å²) in [7, 11) is 0. The van der Waals surface area contributed by atoms with E-state index in [1.54, 1.807) is 12.5 Å². The van der Waals surface area contributed by atoms with Gasteiger partial charge in [-0.25, -0.2) is 15.0 Å². The summed E-state index contributed by atoms with van der Waals surface area (Å²) in [6.45, 7) is 3.64. The molecule has 5 nitrogen and oxygen atoms in total. The van der Waals surface area contributed by atoms with E-state index in [9.17, 15) is 0 Å². The van der Waals surface area contributed by atoms with Crippen molar-refractivity contribution in [3.8, 4) is 0 Å². The Morgan fingerprint density at radius 3 is 2.64 bits per heavy atom. The van der Waals surface area contributed by atoms with Gasteiger partial charge in [0.2, 0.25) is 0 Å². The molecule has 5 heteroatoms. The summed E-state index contributed by atoms with van der Waals surface area (Å²) < 4.78 is 2.06. The predicted molar refractivity (Wildman–Crippen MR) is 99.4 cm³/mol. The molecule has 0 saturated heterocycles. The van der Waals surface area contributed by atoms with Crippen LogP contribution in [0.25, 0.3) is 10.9 Å². The Morgan fingerprint density at radius 2 is 1.84 bits per heavy atom. The molecule has 0 amide bonds. The van der Waals surface area contributed by atoms with Gasteiger partial charge >= 0.3 is 0 Å². The van der Waals surface area contributed by atoms with Crippen LogP contribution >= 0.6 is 0 Å². The molecular weight excluding hydrogens is 310 g/mol. The fourth-order valence-corrected chi connectivity index (χ4v) is 2.85. The van der Waals surface area contributed by atoms with Crippen LogP contribution in [-0.2, 0) is 13.1 Å². The molecule has 0 bridgehead atoms. The first kappa shape index (κ1) is 15.3. The van der Waals surface area contributed by atoms with Gasteiger partial charge < -0.3 is 9.88 Å². The molecule has 4 aromatic rings. The van der Waals surface area contributed by atoms with Crippen molar-refractivity contribution in [1.82, 2.24) is 19.5 Å². The summed E-state index contributed by atoms with van der Waals surface area (Å²) in [5.74, 6) is 0.871. The molecule has 0 unspecified atom stereocenters. The highest BCUT2D eigenvalue weighted by molar-refractivity contribution is 5.89. The molecule has 0 saturated carbocycles. The van der Waals surface area contributed by atoms with Gasteiger partial charge in [0.25, 0.3) is 0 Å². The van der Waals surface area contributed by atoms with Crippen molar-refractivity contribution in [3.05, 3.63) is 84.2 Å². The average molecular weight is 329 g/mol. The quantitative estimate of drug-likeness (QED) is 0.605. The maximum absolute atomic E-state index is 4.40. The molecule has 0 aliphatic carbocycles. The highest BCUT2D eigenvalue weighted by Crippen LogP contribution is 2.21. The van der Waals surface area contributed by atoms with E-state index in [4.69, 9.17) is 0 Å². The zero-order valence-electron chi connectivity index (χ0n) is 14.1. The first-order valence-electron chi connectivity index (χ1n) is 8.27. The maximum atomic E-state index is 4.40. The molecule has 1 N–H and O–H groups in total. The molecule has 0 aliphatic heterocycles. The van der Waals surface area contributed by atoms with Gasteiger partial charge in [0.05, 0.1) is 11.8 Å². The Balaban J connectivity index is 1.47. The van der Waals surface area contributed by atoms with E-state index in [1.807, 2.05) is 18.6 Å². The number of hydrogen-bond donors (Lipinski definition) is 1. The Hall–Kier alpha value is -3.21. The normalized spacial score (nSPS) is 10.9. The molecule has 124 valence electrons. The fraction of sp³-hybridized carbons (Fsp3) is 0.150. The minimum absolute atomic E-state index is 0.728. The Morgan fingerprint density at radius 1 is 1.00 bits per heavy atom. The average Bonchev–Trinajstić information content (AvgIpc) is 3.14. The van der Waals surface area contributed by atoms with Gasteiger partial charge in [-0.05, 0) is 30.2 Å². The van der Waals surface area contributed by atoms with Crippen LogP contribution in [0.15, 0.2) is 67.5 Å². The zero-order valence-corrected chi connectivity index (χ0v) is 14.1. The second-order valence-electron chi connectivity index (χ2n) is 6.15. The summed E-state index contributed by atoms with van der Waals surface area (Å²) in [5, 5.41) is 4.48. The number of fused-ring (bicyclic) bond motifs is 1. The summed E-state index contributed by atoms with van der Waals surface area (Å²) in [4.78, 5) is 12.8. The van der Waals surface area contributed by atoms with Crippen LogP contribution in [0.1, 0.15) is 16.7 Å². The lowest BCUT2D eigenvalue weighted by Gasteiger charge is -2.10. The van der Waals surface area contributed by atoms with Gasteiger partial charge in [-0.3, -0.25) is 0 Å². The summed E-state index contributed by atoms with van der Waals surface area (Å²) in [6.07, 6.45) is 7.20. The Kier molecular flexibility index (Phi) is 4.12. The third-order valence-electron chi connectivity index (χ3n) is 4.20. The largest absolute Gasteiger partial charge is 0.365 e. The zero-order chi connectivity index (χ0) is 17.1. The first-order valence-corrected chi connectivity index (χ1v) is 8.27. The third kappa shape index (κ3) is 3.50. The van der Waals surface area contributed by atoms with Crippen LogP contribution in [0.5, 0.6) is 0 Å². The minimum Gasteiger partial charge on any atom is -0.365 e. The number of aryl methyl sites for hydroxylation is 1. The van der Waals surface area contributed by atoms with E-state index in [-0.39, 0.29) is 0 Å². The van der Waals surface area contributed by atoms with Gasteiger partial charge in [-0.2, -0.15) is 0 Å². The molecule has 2 heterocycles. The molecule has 0 atom stereocenters. The van der Waals surface area contributed by atoms with E-state index >= 15 is 0 Å².